The molecule has 1 atom stereocenters. The van der Waals surface area contributed by atoms with Crippen LogP contribution in [0, 0.1) is 12.7 Å². The third-order valence-electron chi connectivity index (χ3n) is 2.81. The summed E-state index contributed by atoms with van der Waals surface area (Å²) in [7, 11) is 1.82. The van der Waals surface area contributed by atoms with Gasteiger partial charge in [-0.1, -0.05) is 11.6 Å². The van der Waals surface area contributed by atoms with Crippen molar-refractivity contribution < 1.29 is 4.39 Å². The molecule has 0 amide bonds. The standard InChI is InChI=1S/C14H14ClFN2/c1-9-7-10(5-6-18-9)14(17-2)12-8-11(16)3-4-13(12)15/h3-8,14,17H,1-2H3. The molecule has 1 aromatic heterocycles. The van der Waals surface area contributed by atoms with E-state index in [1.165, 1.54) is 12.1 Å². The average molecular weight is 265 g/mol. The first-order valence-electron chi connectivity index (χ1n) is 5.66. The lowest BCUT2D eigenvalue weighted by atomic mass is 9.99. The number of pyridine rings is 1. The average Bonchev–Trinajstić information content (AvgIpc) is 2.35. The van der Waals surface area contributed by atoms with Crippen LogP contribution in [0.2, 0.25) is 5.02 Å². The van der Waals surface area contributed by atoms with E-state index in [1.807, 2.05) is 26.1 Å². The molecule has 2 aromatic rings. The molecule has 1 unspecified atom stereocenters. The quantitative estimate of drug-likeness (QED) is 0.918. The van der Waals surface area contributed by atoms with Gasteiger partial charge in [-0.2, -0.15) is 0 Å². The van der Waals surface area contributed by atoms with E-state index in [9.17, 15) is 4.39 Å². The minimum Gasteiger partial charge on any atom is -0.309 e. The van der Waals surface area contributed by atoms with Crippen molar-refractivity contribution in [3.63, 3.8) is 0 Å². The Labute approximate surface area is 111 Å². The zero-order valence-corrected chi connectivity index (χ0v) is 11.0. The monoisotopic (exact) mass is 264 g/mol. The van der Waals surface area contributed by atoms with Crippen molar-refractivity contribution in [1.29, 1.82) is 0 Å². The number of nitrogens with one attached hydrogen (secondary N) is 1. The molecule has 0 aliphatic heterocycles. The van der Waals surface area contributed by atoms with Crippen molar-refractivity contribution in [2.45, 2.75) is 13.0 Å². The second-order valence-electron chi connectivity index (χ2n) is 4.12. The smallest absolute Gasteiger partial charge is 0.123 e. The van der Waals surface area contributed by atoms with Crippen LogP contribution >= 0.6 is 11.6 Å². The largest absolute Gasteiger partial charge is 0.309 e. The third-order valence-corrected chi connectivity index (χ3v) is 3.16. The Hall–Kier alpha value is -1.45. The van der Waals surface area contributed by atoms with E-state index in [4.69, 9.17) is 11.6 Å². The second kappa shape index (κ2) is 5.46. The normalized spacial score (nSPS) is 12.4. The van der Waals surface area contributed by atoms with E-state index in [0.29, 0.717) is 5.02 Å². The van der Waals surface area contributed by atoms with Crippen LogP contribution in [-0.2, 0) is 0 Å². The number of rotatable bonds is 3. The van der Waals surface area contributed by atoms with Gasteiger partial charge < -0.3 is 5.32 Å². The fraction of sp³-hybridized carbons (Fsp3) is 0.214. The number of benzene rings is 1. The maximum absolute atomic E-state index is 13.3. The zero-order valence-electron chi connectivity index (χ0n) is 10.2. The maximum atomic E-state index is 13.3. The van der Waals surface area contributed by atoms with E-state index in [2.05, 4.69) is 10.3 Å². The van der Waals surface area contributed by atoms with E-state index in [1.54, 1.807) is 12.3 Å². The van der Waals surface area contributed by atoms with Gasteiger partial charge in [-0.3, -0.25) is 4.98 Å². The van der Waals surface area contributed by atoms with E-state index >= 15 is 0 Å². The molecular formula is C14H14ClFN2. The second-order valence-corrected chi connectivity index (χ2v) is 4.53. The molecule has 0 saturated heterocycles. The molecule has 0 aliphatic rings. The van der Waals surface area contributed by atoms with Gasteiger partial charge in [0.15, 0.2) is 0 Å². The fourth-order valence-electron chi connectivity index (χ4n) is 1.98. The van der Waals surface area contributed by atoms with Gasteiger partial charge in [0, 0.05) is 16.9 Å². The van der Waals surface area contributed by atoms with Gasteiger partial charge in [0.2, 0.25) is 0 Å². The summed E-state index contributed by atoms with van der Waals surface area (Å²) in [6.45, 7) is 1.92. The molecule has 0 bridgehead atoms. The lowest BCUT2D eigenvalue weighted by Gasteiger charge is -2.18. The Morgan fingerprint density at radius 1 is 1.28 bits per heavy atom. The van der Waals surface area contributed by atoms with Crippen LogP contribution < -0.4 is 5.32 Å². The van der Waals surface area contributed by atoms with Gasteiger partial charge in [-0.05, 0) is 55.4 Å². The zero-order chi connectivity index (χ0) is 13.1. The predicted octanol–water partition coefficient (Wildman–Crippen LogP) is 3.49. The first-order valence-corrected chi connectivity index (χ1v) is 6.04. The molecule has 94 valence electrons. The van der Waals surface area contributed by atoms with Crippen LogP contribution in [0.25, 0.3) is 0 Å². The van der Waals surface area contributed by atoms with Gasteiger partial charge in [0.25, 0.3) is 0 Å². The maximum Gasteiger partial charge on any atom is 0.123 e. The molecule has 1 heterocycles. The summed E-state index contributed by atoms with van der Waals surface area (Å²) >= 11 is 6.14. The summed E-state index contributed by atoms with van der Waals surface area (Å²) in [5, 5.41) is 3.70. The molecule has 2 rings (SSSR count). The van der Waals surface area contributed by atoms with Gasteiger partial charge in [0.1, 0.15) is 5.82 Å². The van der Waals surface area contributed by atoms with Gasteiger partial charge >= 0.3 is 0 Å². The van der Waals surface area contributed by atoms with E-state index in [-0.39, 0.29) is 11.9 Å². The highest BCUT2D eigenvalue weighted by Crippen LogP contribution is 2.28. The van der Waals surface area contributed by atoms with Crippen molar-refractivity contribution in [1.82, 2.24) is 10.3 Å². The highest BCUT2D eigenvalue weighted by Gasteiger charge is 2.16. The minimum absolute atomic E-state index is 0.144. The summed E-state index contributed by atoms with van der Waals surface area (Å²) in [6.07, 6.45) is 1.74. The molecule has 1 N–H and O–H groups in total. The number of hydrogen-bond acceptors (Lipinski definition) is 2. The minimum atomic E-state index is -0.291. The molecule has 0 fully saturated rings. The number of halogens is 2. The number of aromatic nitrogens is 1. The molecule has 0 aliphatic carbocycles. The molecule has 4 heteroatoms. The van der Waals surface area contributed by atoms with Crippen molar-refractivity contribution in [2.75, 3.05) is 7.05 Å². The lowest BCUT2D eigenvalue weighted by Crippen LogP contribution is -2.18. The summed E-state index contributed by atoms with van der Waals surface area (Å²) in [5.74, 6) is -0.291. The van der Waals surface area contributed by atoms with Gasteiger partial charge in [0.05, 0.1) is 6.04 Å². The summed E-state index contributed by atoms with van der Waals surface area (Å²) in [6, 6.07) is 8.10. The Balaban J connectivity index is 2.48. The van der Waals surface area contributed by atoms with Crippen LogP contribution in [0.5, 0.6) is 0 Å². The summed E-state index contributed by atoms with van der Waals surface area (Å²) < 4.78 is 13.3. The molecule has 2 nitrogen and oxygen atoms in total. The number of hydrogen-bond donors (Lipinski definition) is 1. The van der Waals surface area contributed by atoms with Gasteiger partial charge in [-0.15, -0.1) is 0 Å². The Morgan fingerprint density at radius 2 is 2.06 bits per heavy atom. The van der Waals surface area contributed by atoms with Crippen molar-refractivity contribution in [3.05, 3.63) is 64.2 Å². The molecule has 0 saturated carbocycles. The van der Waals surface area contributed by atoms with Crippen molar-refractivity contribution >= 4 is 11.6 Å². The van der Waals surface area contributed by atoms with E-state index in [0.717, 1.165) is 16.8 Å². The number of nitrogens with zero attached hydrogens (tertiary/aromatic N) is 1. The van der Waals surface area contributed by atoms with Crippen LogP contribution in [0.3, 0.4) is 0 Å². The first kappa shape index (κ1) is 13.0. The topological polar surface area (TPSA) is 24.9 Å². The van der Waals surface area contributed by atoms with Crippen LogP contribution in [0.1, 0.15) is 22.9 Å². The summed E-state index contributed by atoms with van der Waals surface area (Å²) in [5.41, 5.74) is 2.66. The Morgan fingerprint density at radius 3 is 2.72 bits per heavy atom. The Bertz CT molecular complexity index is 557. The van der Waals surface area contributed by atoms with Gasteiger partial charge in [-0.25, -0.2) is 4.39 Å². The SMILES string of the molecule is CNC(c1ccnc(C)c1)c1cc(F)ccc1Cl. The fourth-order valence-corrected chi connectivity index (χ4v) is 2.21. The third kappa shape index (κ3) is 2.68. The van der Waals surface area contributed by atoms with Crippen LogP contribution in [0.15, 0.2) is 36.5 Å². The first-order chi connectivity index (χ1) is 8.61. The lowest BCUT2D eigenvalue weighted by molar-refractivity contribution is 0.616. The molecular weight excluding hydrogens is 251 g/mol. The highest BCUT2D eigenvalue weighted by atomic mass is 35.5. The van der Waals surface area contributed by atoms with Crippen molar-refractivity contribution in [2.24, 2.45) is 0 Å². The molecule has 1 aromatic carbocycles. The summed E-state index contributed by atoms with van der Waals surface area (Å²) in [4.78, 5) is 4.16. The predicted molar refractivity (Wildman–Crippen MR) is 71.3 cm³/mol. The van der Waals surface area contributed by atoms with Crippen LogP contribution in [-0.4, -0.2) is 12.0 Å². The van der Waals surface area contributed by atoms with Crippen molar-refractivity contribution in [3.8, 4) is 0 Å². The van der Waals surface area contributed by atoms with E-state index < -0.39 is 0 Å². The highest BCUT2D eigenvalue weighted by molar-refractivity contribution is 6.31. The molecule has 0 radical (unpaired) electrons. The molecule has 0 spiro atoms. The molecule has 18 heavy (non-hydrogen) atoms. The number of aryl methyl sites for hydroxylation is 1. The Kier molecular flexibility index (Phi) is 3.94. The van der Waals surface area contributed by atoms with Crippen LogP contribution in [0.4, 0.5) is 4.39 Å².